The number of nitrogens with one attached hydrogen (secondary N) is 1. The lowest BCUT2D eigenvalue weighted by Gasteiger charge is -2.08. The maximum atomic E-state index is 5.84. The molecule has 3 nitrogen and oxygen atoms in total. The molecule has 2 aromatic rings. The normalized spacial score (nSPS) is 11.1. The number of hydrogen-bond donors (Lipinski definition) is 1. The van der Waals surface area contributed by atoms with Crippen LogP contribution in [0.15, 0.2) is 28.1 Å². The van der Waals surface area contributed by atoms with E-state index in [4.69, 9.17) is 4.74 Å². The molecule has 0 bridgehead atoms. The molecule has 5 heteroatoms. The van der Waals surface area contributed by atoms with Crippen LogP contribution in [0, 0.1) is 6.92 Å². The number of hydrogen-bond acceptors (Lipinski definition) is 4. The molecule has 108 valence electrons. The lowest BCUT2D eigenvalue weighted by atomic mass is 10.2. The molecule has 1 aromatic heterocycles. The van der Waals surface area contributed by atoms with E-state index in [1.807, 2.05) is 25.1 Å². The van der Waals surface area contributed by atoms with Crippen molar-refractivity contribution in [2.45, 2.75) is 40.0 Å². The summed E-state index contributed by atoms with van der Waals surface area (Å²) in [7, 11) is 0. The quantitative estimate of drug-likeness (QED) is 0.839. The Balaban J connectivity index is 1.92. The van der Waals surface area contributed by atoms with Crippen LogP contribution in [0.25, 0.3) is 0 Å². The summed E-state index contributed by atoms with van der Waals surface area (Å²) in [4.78, 5) is 4.57. The molecule has 0 fully saturated rings. The fourth-order valence-corrected chi connectivity index (χ4v) is 2.74. The largest absolute Gasteiger partial charge is 0.487 e. The van der Waals surface area contributed by atoms with Crippen LogP contribution in [-0.4, -0.2) is 11.0 Å². The molecule has 0 saturated heterocycles. The van der Waals surface area contributed by atoms with E-state index in [0.29, 0.717) is 12.6 Å². The molecule has 0 atom stereocenters. The average Bonchev–Trinajstić information content (AvgIpc) is 2.85. The van der Waals surface area contributed by atoms with E-state index >= 15 is 0 Å². The van der Waals surface area contributed by atoms with Crippen molar-refractivity contribution < 1.29 is 4.74 Å². The Kier molecular flexibility index (Phi) is 5.57. The molecule has 0 unspecified atom stereocenters. The third-order valence-corrected chi connectivity index (χ3v) is 4.18. The van der Waals surface area contributed by atoms with E-state index in [1.54, 1.807) is 11.3 Å². The first-order valence-corrected chi connectivity index (χ1v) is 8.27. The molecule has 2 rings (SSSR count). The summed E-state index contributed by atoms with van der Waals surface area (Å²) in [6.45, 7) is 7.63. The van der Waals surface area contributed by atoms with Crippen LogP contribution in [0.5, 0.6) is 5.75 Å². The summed E-state index contributed by atoms with van der Waals surface area (Å²) in [6.07, 6.45) is 0. The average molecular weight is 355 g/mol. The van der Waals surface area contributed by atoms with Gasteiger partial charge >= 0.3 is 0 Å². The predicted octanol–water partition coefficient (Wildman–Crippen LogP) is 4.29. The molecule has 0 aliphatic heterocycles. The summed E-state index contributed by atoms with van der Waals surface area (Å²) in [6, 6.07) is 6.52. The minimum absolute atomic E-state index is 0.475. The van der Waals surface area contributed by atoms with Gasteiger partial charge in [-0.25, -0.2) is 4.98 Å². The fourth-order valence-electron chi connectivity index (χ4n) is 1.67. The number of ether oxygens (including phenoxy) is 1. The number of rotatable bonds is 6. The second kappa shape index (κ2) is 7.20. The monoisotopic (exact) mass is 354 g/mol. The topological polar surface area (TPSA) is 34.1 Å². The molecule has 0 aliphatic rings. The lowest BCUT2D eigenvalue weighted by molar-refractivity contribution is 0.299. The van der Waals surface area contributed by atoms with E-state index in [2.05, 4.69) is 45.5 Å². The zero-order valence-electron chi connectivity index (χ0n) is 11.9. The van der Waals surface area contributed by atoms with Crippen molar-refractivity contribution in [2.24, 2.45) is 0 Å². The third-order valence-electron chi connectivity index (χ3n) is 2.79. The van der Waals surface area contributed by atoms with Gasteiger partial charge in [-0.3, -0.25) is 0 Å². The third kappa shape index (κ3) is 4.58. The smallest absolute Gasteiger partial charge is 0.131 e. The van der Waals surface area contributed by atoms with Crippen molar-refractivity contribution in [3.63, 3.8) is 0 Å². The maximum absolute atomic E-state index is 5.84. The Hall–Kier alpha value is -0.910. The lowest BCUT2D eigenvalue weighted by Crippen LogP contribution is -2.21. The molecule has 0 saturated carbocycles. The van der Waals surface area contributed by atoms with Crippen molar-refractivity contribution in [3.05, 3.63) is 44.3 Å². The Morgan fingerprint density at radius 2 is 2.20 bits per heavy atom. The second-order valence-corrected chi connectivity index (χ2v) is 6.83. The van der Waals surface area contributed by atoms with Gasteiger partial charge in [-0.15, -0.1) is 11.3 Å². The Bertz CT molecular complexity index is 569. The van der Waals surface area contributed by atoms with Gasteiger partial charge in [-0.2, -0.15) is 0 Å². The zero-order valence-corrected chi connectivity index (χ0v) is 14.3. The minimum Gasteiger partial charge on any atom is -0.487 e. The van der Waals surface area contributed by atoms with Gasteiger partial charge in [-0.05, 0) is 24.6 Å². The molecule has 1 heterocycles. The molecular weight excluding hydrogens is 336 g/mol. The number of thiazole rings is 1. The predicted molar refractivity (Wildman–Crippen MR) is 87.3 cm³/mol. The van der Waals surface area contributed by atoms with Crippen molar-refractivity contribution in [3.8, 4) is 5.75 Å². The Morgan fingerprint density at radius 1 is 1.40 bits per heavy atom. The highest BCUT2D eigenvalue weighted by Gasteiger charge is 2.05. The van der Waals surface area contributed by atoms with Gasteiger partial charge in [0, 0.05) is 22.4 Å². The molecule has 20 heavy (non-hydrogen) atoms. The number of benzene rings is 1. The van der Waals surface area contributed by atoms with E-state index in [1.165, 1.54) is 0 Å². The van der Waals surface area contributed by atoms with Gasteiger partial charge in [-0.1, -0.05) is 35.8 Å². The standard InChI is InChI=1S/C15H19BrN2OS/c1-10(2)17-7-15-18-13(9-20-15)8-19-14-6-12(16)5-4-11(14)3/h4-6,9-10,17H,7-8H2,1-3H3. The first kappa shape index (κ1) is 15.5. The summed E-state index contributed by atoms with van der Waals surface area (Å²) in [5, 5.41) is 6.53. The van der Waals surface area contributed by atoms with E-state index in [0.717, 1.165) is 33.0 Å². The van der Waals surface area contributed by atoms with Crippen molar-refractivity contribution in [1.29, 1.82) is 0 Å². The van der Waals surface area contributed by atoms with Crippen LogP contribution in [0.4, 0.5) is 0 Å². The summed E-state index contributed by atoms with van der Waals surface area (Å²) < 4.78 is 6.86. The second-order valence-electron chi connectivity index (χ2n) is 4.97. The van der Waals surface area contributed by atoms with Gasteiger partial charge in [0.05, 0.1) is 5.69 Å². The van der Waals surface area contributed by atoms with Crippen molar-refractivity contribution >= 4 is 27.3 Å². The highest BCUT2D eigenvalue weighted by Crippen LogP contribution is 2.24. The van der Waals surface area contributed by atoms with Crippen LogP contribution < -0.4 is 10.1 Å². The van der Waals surface area contributed by atoms with Gasteiger partial charge in [0.1, 0.15) is 17.4 Å². The van der Waals surface area contributed by atoms with Crippen LogP contribution in [-0.2, 0) is 13.2 Å². The van der Waals surface area contributed by atoms with Gasteiger partial charge in [0.2, 0.25) is 0 Å². The highest BCUT2D eigenvalue weighted by molar-refractivity contribution is 9.10. The highest BCUT2D eigenvalue weighted by atomic mass is 79.9. The summed E-state index contributed by atoms with van der Waals surface area (Å²) in [5.74, 6) is 0.897. The molecule has 0 amide bonds. The zero-order chi connectivity index (χ0) is 14.5. The summed E-state index contributed by atoms with van der Waals surface area (Å²) in [5.41, 5.74) is 2.11. The van der Waals surface area contributed by atoms with Crippen molar-refractivity contribution in [1.82, 2.24) is 10.3 Å². The van der Waals surface area contributed by atoms with Crippen LogP contribution in [0.3, 0.4) is 0 Å². The number of halogens is 1. The van der Waals surface area contributed by atoms with Crippen LogP contribution in [0.2, 0.25) is 0 Å². The van der Waals surface area contributed by atoms with Gasteiger partial charge < -0.3 is 10.1 Å². The van der Waals surface area contributed by atoms with Gasteiger partial charge in [0.25, 0.3) is 0 Å². The maximum Gasteiger partial charge on any atom is 0.131 e. The fraction of sp³-hybridized carbons (Fsp3) is 0.400. The number of nitrogens with zero attached hydrogens (tertiary/aromatic N) is 1. The Morgan fingerprint density at radius 3 is 2.95 bits per heavy atom. The van der Waals surface area contributed by atoms with Crippen LogP contribution in [0.1, 0.15) is 30.1 Å². The minimum atomic E-state index is 0.475. The Labute approximate surface area is 132 Å². The number of aryl methyl sites for hydroxylation is 1. The van der Waals surface area contributed by atoms with Crippen LogP contribution >= 0.6 is 27.3 Å². The number of aromatic nitrogens is 1. The molecular formula is C15H19BrN2OS. The SMILES string of the molecule is Cc1ccc(Br)cc1OCc1csc(CNC(C)C)n1. The molecule has 1 N–H and O–H groups in total. The van der Waals surface area contributed by atoms with Gasteiger partial charge in [0.15, 0.2) is 0 Å². The van der Waals surface area contributed by atoms with E-state index in [9.17, 15) is 0 Å². The first-order valence-electron chi connectivity index (χ1n) is 6.60. The first-order chi connectivity index (χ1) is 9.54. The van der Waals surface area contributed by atoms with Crippen molar-refractivity contribution in [2.75, 3.05) is 0 Å². The molecule has 0 spiro atoms. The summed E-state index contributed by atoms with van der Waals surface area (Å²) >= 11 is 5.13. The molecule has 1 aromatic carbocycles. The molecule has 0 radical (unpaired) electrons. The van der Waals surface area contributed by atoms with E-state index < -0.39 is 0 Å². The van der Waals surface area contributed by atoms with E-state index in [-0.39, 0.29) is 0 Å². The molecule has 0 aliphatic carbocycles.